The zero-order chi connectivity index (χ0) is 12.1. The van der Waals surface area contributed by atoms with E-state index in [-0.39, 0.29) is 6.42 Å². The lowest BCUT2D eigenvalue weighted by molar-refractivity contribution is -0.136. The summed E-state index contributed by atoms with van der Waals surface area (Å²) in [4.78, 5) is 14.7. The van der Waals surface area contributed by atoms with Gasteiger partial charge >= 0.3 is 5.97 Å². The van der Waals surface area contributed by atoms with Gasteiger partial charge in [-0.1, -0.05) is 0 Å². The number of rotatable bonds is 6. The highest BCUT2D eigenvalue weighted by atomic mass is 32.1. The molecule has 0 radical (unpaired) electrons. The van der Waals surface area contributed by atoms with Crippen molar-refractivity contribution in [3.05, 3.63) is 35.2 Å². The number of nitrogens with zero attached hydrogens (tertiary/aromatic N) is 1. The van der Waals surface area contributed by atoms with E-state index in [9.17, 15) is 4.79 Å². The molecule has 6 heteroatoms. The van der Waals surface area contributed by atoms with Gasteiger partial charge < -0.3 is 14.8 Å². The molecule has 90 valence electrons. The van der Waals surface area contributed by atoms with Gasteiger partial charge in [-0.05, 0) is 12.1 Å². The molecule has 0 aliphatic heterocycles. The number of hydrogen-bond donors (Lipinski definition) is 2. The first-order chi connectivity index (χ1) is 8.24. The molecule has 0 atom stereocenters. The molecule has 0 unspecified atom stereocenters. The van der Waals surface area contributed by atoms with Crippen LogP contribution in [0.5, 0.6) is 0 Å². The van der Waals surface area contributed by atoms with Crippen LogP contribution in [0.1, 0.15) is 17.9 Å². The molecule has 0 aliphatic rings. The van der Waals surface area contributed by atoms with Crippen LogP contribution in [0.2, 0.25) is 0 Å². The quantitative estimate of drug-likeness (QED) is 0.825. The normalized spacial score (nSPS) is 10.4. The van der Waals surface area contributed by atoms with E-state index in [0.29, 0.717) is 13.0 Å². The molecular weight excluding hydrogens is 240 g/mol. The van der Waals surface area contributed by atoms with E-state index in [4.69, 9.17) is 9.52 Å². The summed E-state index contributed by atoms with van der Waals surface area (Å²) < 4.78 is 5.18. The topological polar surface area (TPSA) is 75.4 Å². The van der Waals surface area contributed by atoms with Gasteiger partial charge in [-0.15, -0.1) is 11.3 Å². The van der Waals surface area contributed by atoms with Crippen LogP contribution in [0, 0.1) is 0 Å². The summed E-state index contributed by atoms with van der Waals surface area (Å²) >= 11 is 1.47. The Labute approximate surface area is 102 Å². The lowest BCUT2D eigenvalue weighted by Gasteiger charge is -1.98. The maximum atomic E-state index is 10.4. The van der Waals surface area contributed by atoms with Crippen molar-refractivity contribution >= 4 is 22.4 Å². The standard InChI is InChI=1S/C11H12N2O3S/c14-10(15)4-3-8-7-17-11(13-8)12-6-9-2-1-5-16-9/h1-2,5,7H,3-4,6H2,(H,12,13)(H,14,15). The predicted octanol–water partition coefficient (Wildman–Crippen LogP) is 2.37. The van der Waals surface area contributed by atoms with Gasteiger partial charge in [0.2, 0.25) is 0 Å². The van der Waals surface area contributed by atoms with Crippen LogP contribution >= 0.6 is 11.3 Å². The molecule has 17 heavy (non-hydrogen) atoms. The Kier molecular flexibility index (Phi) is 3.77. The van der Waals surface area contributed by atoms with Crippen molar-refractivity contribution in [2.75, 3.05) is 5.32 Å². The summed E-state index contributed by atoms with van der Waals surface area (Å²) in [5, 5.41) is 14.3. The molecule has 2 heterocycles. The second kappa shape index (κ2) is 5.49. The predicted molar refractivity (Wildman–Crippen MR) is 64.1 cm³/mol. The Hall–Kier alpha value is -1.82. The number of thiazole rings is 1. The van der Waals surface area contributed by atoms with Gasteiger partial charge in [0.15, 0.2) is 5.13 Å². The van der Waals surface area contributed by atoms with Gasteiger partial charge in [0.25, 0.3) is 0 Å². The summed E-state index contributed by atoms with van der Waals surface area (Å²) in [5.41, 5.74) is 0.805. The Morgan fingerprint density at radius 2 is 2.47 bits per heavy atom. The summed E-state index contributed by atoms with van der Waals surface area (Å²) in [5.74, 6) is 0.0374. The SMILES string of the molecule is O=C(O)CCc1csc(NCc2ccco2)n1. The van der Waals surface area contributed by atoms with E-state index in [1.54, 1.807) is 6.26 Å². The third-order valence-corrected chi connectivity index (χ3v) is 2.99. The lowest BCUT2D eigenvalue weighted by Crippen LogP contribution is -1.99. The van der Waals surface area contributed by atoms with Crippen LogP contribution in [0.15, 0.2) is 28.2 Å². The van der Waals surface area contributed by atoms with E-state index in [1.165, 1.54) is 11.3 Å². The van der Waals surface area contributed by atoms with E-state index in [1.807, 2.05) is 17.5 Å². The van der Waals surface area contributed by atoms with Crippen LogP contribution in [0.4, 0.5) is 5.13 Å². The molecule has 2 N–H and O–H groups in total. The smallest absolute Gasteiger partial charge is 0.303 e. The maximum absolute atomic E-state index is 10.4. The van der Waals surface area contributed by atoms with E-state index in [0.717, 1.165) is 16.6 Å². The Balaban J connectivity index is 1.83. The van der Waals surface area contributed by atoms with Crippen molar-refractivity contribution in [3.63, 3.8) is 0 Å². The van der Waals surface area contributed by atoms with Crippen LogP contribution in [-0.4, -0.2) is 16.1 Å². The molecule has 0 bridgehead atoms. The summed E-state index contributed by atoms with van der Waals surface area (Å²) in [6.07, 6.45) is 2.20. The van der Waals surface area contributed by atoms with Crippen molar-refractivity contribution in [3.8, 4) is 0 Å². The molecule has 0 aromatic carbocycles. The van der Waals surface area contributed by atoms with Crippen LogP contribution in [0.25, 0.3) is 0 Å². The van der Waals surface area contributed by atoms with Crippen LogP contribution in [-0.2, 0) is 17.8 Å². The van der Waals surface area contributed by atoms with Crippen molar-refractivity contribution in [2.45, 2.75) is 19.4 Å². The minimum atomic E-state index is -0.803. The Morgan fingerprint density at radius 1 is 1.59 bits per heavy atom. The number of carboxylic acids is 1. The third kappa shape index (κ3) is 3.60. The number of nitrogens with one attached hydrogen (secondary N) is 1. The monoisotopic (exact) mass is 252 g/mol. The summed E-state index contributed by atoms with van der Waals surface area (Å²) in [7, 11) is 0. The minimum absolute atomic E-state index is 0.112. The fourth-order valence-electron chi connectivity index (χ4n) is 1.31. The average Bonchev–Trinajstić information content (AvgIpc) is 2.95. The largest absolute Gasteiger partial charge is 0.481 e. The van der Waals surface area contributed by atoms with E-state index < -0.39 is 5.97 Å². The second-order valence-corrected chi connectivity index (χ2v) is 4.33. The highest BCUT2D eigenvalue weighted by Gasteiger charge is 2.04. The fourth-order valence-corrected chi connectivity index (χ4v) is 2.06. The fraction of sp³-hybridized carbons (Fsp3) is 0.273. The first-order valence-electron chi connectivity index (χ1n) is 5.16. The van der Waals surface area contributed by atoms with Gasteiger partial charge in [0.05, 0.1) is 24.9 Å². The van der Waals surface area contributed by atoms with E-state index in [2.05, 4.69) is 10.3 Å². The second-order valence-electron chi connectivity index (χ2n) is 3.47. The molecule has 0 aliphatic carbocycles. The summed E-state index contributed by atoms with van der Waals surface area (Å²) in [6, 6.07) is 3.71. The number of aromatic nitrogens is 1. The maximum Gasteiger partial charge on any atom is 0.303 e. The zero-order valence-corrected chi connectivity index (χ0v) is 9.87. The average molecular weight is 252 g/mol. The number of anilines is 1. The van der Waals surface area contributed by atoms with Crippen molar-refractivity contribution < 1.29 is 14.3 Å². The minimum Gasteiger partial charge on any atom is -0.481 e. The number of hydrogen-bond acceptors (Lipinski definition) is 5. The van der Waals surface area contributed by atoms with Gasteiger partial charge in [-0.2, -0.15) is 0 Å². The van der Waals surface area contributed by atoms with Crippen molar-refractivity contribution in [1.29, 1.82) is 0 Å². The molecule has 0 amide bonds. The molecule has 0 spiro atoms. The van der Waals surface area contributed by atoms with Gasteiger partial charge in [-0.3, -0.25) is 4.79 Å². The number of aliphatic carboxylic acids is 1. The summed E-state index contributed by atoms with van der Waals surface area (Å²) in [6.45, 7) is 0.582. The number of aryl methyl sites for hydroxylation is 1. The molecule has 5 nitrogen and oxygen atoms in total. The van der Waals surface area contributed by atoms with Gasteiger partial charge in [0, 0.05) is 11.8 Å². The van der Waals surface area contributed by atoms with Gasteiger partial charge in [-0.25, -0.2) is 4.98 Å². The third-order valence-electron chi connectivity index (χ3n) is 2.14. The number of furan rings is 1. The van der Waals surface area contributed by atoms with E-state index >= 15 is 0 Å². The van der Waals surface area contributed by atoms with Crippen molar-refractivity contribution in [1.82, 2.24) is 4.98 Å². The molecule has 2 aromatic heterocycles. The molecule has 2 aromatic rings. The van der Waals surface area contributed by atoms with Crippen molar-refractivity contribution in [2.24, 2.45) is 0 Å². The Morgan fingerprint density at radius 3 is 3.18 bits per heavy atom. The van der Waals surface area contributed by atoms with Gasteiger partial charge in [0.1, 0.15) is 5.76 Å². The molecule has 0 saturated heterocycles. The van der Waals surface area contributed by atoms with Crippen LogP contribution < -0.4 is 5.32 Å². The highest BCUT2D eigenvalue weighted by molar-refractivity contribution is 7.13. The zero-order valence-electron chi connectivity index (χ0n) is 9.05. The first-order valence-corrected chi connectivity index (χ1v) is 6.04. The Bertz CT molecular complexity index is 479. The number of carboxylic acid groups (broad SMARTS) is 1. The van der Waals surface area contributed by atoms with Crippen LogP contribution in [0.3, 0.4) is 0 Å². The highest BCUT2D eigenvalue weighted by Crippen LogP contribution is 2.17. The molecule has 0 fully saturated rings. The lowest BCUT2D eigenvalue weighted by atomic mass is 10.2. The number of carbonyl (C=O) groups is 1. The molecular formula is C11H12N2O3S. The first kappa shape index (κ1) is 11.7. The molecule has 2 rings (SSSR count). The molecule has 0 saturated carbocycles.